The van der Waals surface area contributed by atoms with Crippen molar-refractivity contribution in [2.45, 2.75) is 58.4 Å². The van der Waals surface area contributed by atoms with Crippen LogP contribution in [0, 0.1) is 0 Å². The normalized spacial score (nSPS) is 20.1. The molecule has 0 amide bonds. The van der Waals surface area contributed by atoms with E-state index in [-0.39, 0.29) is 17.1 Å². The molecule has 108 valence electrons. The highest BCUT2D eigenvalue weighted by molar-refractivity contribution is 6.74. The fourth-order valence-electron chi connectivity index (χ4n) is 1.63. The summed E-state index contributed by atoms with van der Waals surface area (Å²) < 4.78 is 11.4. The molecule has 19 heavy (non-hydrogen) atoms. The van der Waals surface area contributed by atoms with Gasteiger partial charge in [0.2, 0.25) is 0 Å². The Kier molecular flexibility index (Phi) is 5.16. The van der Waals surface area contributed by atoms with E-state index in [1.165, 1.54) is 0 Å². The zero-order chi connectivity index (χ0) is 14.7. The van der Waals surface area contributed by atoms with E-state index in [9.17, 15) is 4.79 Å². The SMILES string of the molecule is CCOC(=O)C1=CCC=CC1O[Si](C)(C)C(C)(C)C. The molecule has 4 heteroatoms. The van der Waals surface area contributed by atoms with Gasteiger partial charge in [0.15, 0.2) is 8.32 Å². The Morgan fingerprint density at radius 3 is 2.58 bits per heavy atom. The molecule has 0 heterocycles. The first kappa shape index (κ1) is 16.2. The lowest BCUT2D eigenvalue weighted by molar-refractivity contribution is -0.139. The topological polar surface area (TPSA) is 35.5 Å². The van der Waals surface area contributed by atoms with Crippen molar-refractivity contribution < 1.29 is 14.0 Å². The van der Waals surface area contributed by atoms with Gasteiger partial charge in [0.05, 0.1) is 18.3 Å². The highest BCUT2D eigenvalue weighted by Gasteiger charge is 2.40. The number of ether oxygens (including phenoxy) is 1. The Morgan fingerprint density at radius 1 is 1.42 bits per heavy atom. The van der Waals surface area contributed by atoms with E-state index in [1.807, 2.05) is 25.2 Å². The summed E-state index contributed by atoms with van der Waals surface area (Å²) >= 11 is 0. The first-order chi connectivity index (χ1) is 8.69. The van der Waals surface area contributed by atoms with Crippen molar-refractivity contribution in [2.75, 3.05) is 6.61 Å². The molecule has 0 saturated carbocycles. The smallest absolute Gasteiger partial charge is 0.336 e. The highest BCUT2D eigenvalue weighted by atomic mass is 28.4. The van der Waals surface area contributed by atoms with Gasteiger partial charge >= 0.3 is 5.97 Å². The summed E-state index contributed by atoms with van der Waals surface area (Å²) in [6.07, 6.45) is 6.45. The van der Waals surface area contributed by atoms with Gasteiger partial charge in [-0.3, -0.25) is 0 Å². The maximum absolute atomic E-state index is 12.0. The monoisotopic (exact) mass is 282 g/mol. The summed E-state index contributed by atoms with van der Waals surface area (Å²) in [5.41, 5.74) is 0.647. The molecule has 0 aromatic carbocycles. The lowest BCUT2D eigenvalue weighted by atomic mass is 10.0. The van der Waals surface area contributed by atoms with Crippen LogP contribution in [0.3, 0.4) is 0 Å². The van der Waals surface area contributed by atoms with E-state index in [2.05, 4.69) is 33.9 Å². The summed E-state index contributed by atoms with van der Waals surface area (Å²) in [4.78, 5) is 12.0. The number of carbonyl (C=O) groups excluding carboxylic acids is 1. The zero-order valence-corrected chi connectivity index (χ0v) is 13.9. The molecule has 0 N–H and O–H groups in total. The van der Waals surface area contributed by atoms with Crippen LogP contribution in [0.2, 0.25) is 18.1 Å². The molecule has 1 unspecified atom stereocenters. The first-order valence-corrected chi connectivity index (χ1v) is 9.81. The highest BCUT2D eigenvalue weighted by Crippen LogP contribution is 2.38. The number of hydrogen-bond acceptors (Lipinski definition) is 3. The summed E-state index contributed by atoms with van der Waals surface area (Å²) in [5, 5.41) is 0.123. The van der Waals surface area contributed by atoms with E-state index < -0.39 is 8.32 Å². The molecular formula is C15H26O3Si. The second kappa shape index (κ2) is 6.05. The number of esters is 1. The molecule has 1 aliphatic carbocycles. The number of allylic oxidation sites excluding steroid dienone is 2. The van der Waals surface area contributed by atoms with Gasteiger partial charge in [0.1, 0.15) is 0 Å². The lowest BCUT2D eigenvalue weighted by Crippen LogP contribution is -2.45. The maximum Gasteiger partial charge on any atom is 0.336 e. The predicted molar refractivity (Wildman–Crippen MR) is 80.5 cm³/mol. The van der Waals surface area contributed by atoms with Crippen LogP contribution in [0.5, 0.6) is 0 Å². The Labute approximate surface area is 117 Å². The molecular weight excluding hydrogens is 256 g/mol. The predicted octanol–water partition coefficient (Wildman–Crippen LogP) is 3.83. The van der Waals surface area contributed by atoms with Crippen molar-refractivity contribution in [3.05, 3.63) is 23.8 Å². The molecule has 0 fully saturated rings. The molecule has 1 atom stereocenters. The molecule has 1 rings (SSSR count). The number of rotatable bonds is 4. The molecule has 0 aliphatic heterocycles. The van der Waals surface area contributed by atoms with Gasteiger partial charge in [-0.25, -0.2) is 4.79 Å². The molecule has 0 aromatic heterocycles. The second-order valence-electron chi connectivity index (χ2n) is 6.34. The fraction of sp³-hybridized carbons (Fsp3) is 0.667. The van der Waals surface area contributed by atoms with Gasteiger partial charge < -0.3 is 9.16 Å². The van der Waals surface area contributed by atoms with E-state index in [1.54, 1.807) is 0 Å². The lowest BCUT2D eigenvalue weighted by Gasteiger charge is -2.39. The average Bonchev–Trinajstić information content (AvgIpc) is 2.28. The van der Waals surface area contributed by atoms with Crippen molar-refractivity contribution in [1.29, 1.82) is 0 Å². The minimum atomic E-state index is -1.90. The van der Waals surface area contributed by atoms with Gasteiger partial charge in [-0.1, -0.05) is 39.0 Å². The van der Waals surface area contributed by atoms with Crippen molar-refractivity contribution in [1.82, 2.24) is 0 Å². The van der Waals surface area contributed by atoms with Crippen molar-refractivity contribution in [3.63, 3.8) is 0 Å². The van der Waals surface area contributed by atoms with Gasteiger partial charge in [-0.05, 0) is 31.5 Å². The van der Waals surface area contributed by atoms with Gasteiger partial charge in [0.25, 0.3) is 0 Å². The van der Waals surface area contributed by atoms with Gasteiger partial charge in [0, 0.05) is 0 Å². The Morgan fingerprint density at radius 2 is 2.05 bits per heavy atom. The minimum absolute atomic E-state index is 0.123. The molecule has 0 spiro atoms. The van der Waals surface area contributed by atoms with Crippen molar-refractivity contribution in [3.8, 4) is 0 Å². The largest absolute Gasteiger partial charge is 0.463 e. The molecule has 0 saturated heterocycles. The fourth-order valence-corrected chi connectivity index (χ4v) is 2.82. The molecule has 0 aromatic rings. The first-order valence-electron chi connectivity index (χ1n) is 6.90. The van der Waals surface area contributed by atoms with E-state index >= 15 is 0 Å². The summed E-state index contributed by atoms with van der Waals surface area (Å²) in [6, 6.07) is 0. The molecule has 0 radical (unpaired) electrons. The maximum atomic E-state index is 12.0. The van der Waals surface area contributed by atoms with Crippen LogP contribution in [0.1, 0.15) is 34.1 Å². The van der Waals surface area contributed by atoms with E-state index in [4.69, 9.17) is 9.16 Å². The second-order valence-corrected chi connectivity index (χ2v) is 11.1. The standard InChI is InChI=1S/C15H26O3Si/c1-7-17-14(16)12-10-8-9-11-13(12)18-19(5,6)15(2,3)4/h9-11,13H,7-8H2,1-6H3. The molecule has 3 nitrogen and oxygen atoms in total. The summed E-state index contributed by atoms with van der Waals surface area (Å²) in [5.74, 6) is -0.254. The van der Waals surface area contributed by atoms with Crippen LogP contribution < -0.4 is 0 Å². The Hall–Kier alpha value is -0.873. The van der Waals surface area contributed by atoms with Crippen molar-refractivity contribution in [2.24, 2.45) is 0 Å². The zero-order valence-electron chi connectivity index (χ0n) is 12.9. The van der Waals surface area contributed by atoms with Crippen LogP contribution >= 0.6 is 0 Å². The third-order valence-electron chi connectivity index (χ3n) is 3.83. The van der Waals surface area contributed by atoms with Crippen LogP contribution in [0.25, 0.3) is 0 Å². The van der Waals surface area contributed by atoms with Gasteiger partial charge in [-0.2, -0.15) is 0 Å². The number of hydrogen-bond donors (Lipinski definition) is 0. The van der Waals surface area contributed by atoms with Crippen molar-refractivity contribution >= 4 is 14.3 Å². The third-order valence-corrected chi connectivity index (χ3v) is 8.29. The third kappa shape index (κ3) is 4.04. The van der Waals surface area contributed by atoms with E-state index in [0.29, 0.717) is 12.2 Å². The summed E-state index contributed by atoms with van der Waals surface area (Å²) in [6.45, 7) is 13.2. The minimum Gasteiger partial charge on any atom is -0.463 e. The quantitative estimate of drug-likeness (QED) is 0.446. The number of carbonyl (C=O) groups is 1. The molecule has 1 aliphatic rings. The Balaban J connectivity index is 2.86. The van der Waals surface area contributed by atoms with Crippen LogP contribution in [-0.4, -0.2) is 27.0 Å². The van der Waals surface area contributed by atoms with Crippen LogP contribution in [-0.2, 0) is 14.0 Å². The van der Waals surface area contributed by atoms with E-state index in [0.717, 1.165) is 6.42 Å². The molecule has 0 bridgehead atoms. The van der Waals surface area contributed by atoms with Crippen LogP contribution in [0.4, 0.5) is 0 Å². The van der Waals surface area contributed by atoms with Crippen LogP contribution in [0.15, 0.2) is 23.8 Å². The average molecular weight is 282 g/mol. The summed E-state index contributed by atoms with van der Waals surface area (Å²) in [7, 11) is -1.90. The van der Waals surface area contributed by atoms with Gasteiger partial charge in [-0.15, -0.1) is 0 Å². The Bertz CT molecular complexity index is 389.